The SMILES string of the molecule is CCN(CCC#N)C1CCOC2(CCSC2)C1. The maximum atomic E-state index is 8.71. The highest BCUT2D eigenvalue weighted by Gasteiger charge is 2.41. The molecule has 2 heterocycles. The second-order valence-electron chi connectivity index (χ2n) is 5.02. The molecule has 2 unspecified atom stereocenters. The molecule has 2 aliphatic rings. The van der Waals surface area contributed by atoms with Crippen molar-refractivity contribution in [3.05, 3.63) is 0 Å². The Kier molecular flexibility index (Phi) is 4.72. The van der Waals surface area contributed by atoms with E-state index in [4.69, 9.17) is 10.00 Å². The topological polar surface area (TPSA) is 36.3 Å². The van der Waals surface area contributed by atoms with Gasteiger partial charge in [-0.15, -0.1) is 0 Å². The number of nitriles is 1. The molecule has 96 valence electrons. The maximum Gasteiger partial charge on any atom is 0.0795 e. The third-order valence-corrected chi connectivity index (χ3v) is 5.19. The summed E-state index contributed by atoms with van der Waals surface area (Å²) in [4.78, 5) is 2.47. The van der Waals surface area contributed by atoms with Crippen molar-refractivity contribution in [1.29, 1.82) is 5.26 Å². The van der Waals surface area contributed by atoms with Gasteiger partial charge in [0.1, 0.15) is 0 Å². The summed E-state index contributed by atoms with van der Waals surface area (Å²) in [6, 6.07) is 2.88. The molecule has 17 heavy (non-hydrogen) atoms. The molecule has 0 aliphatic carbocycles. The fourth-order valence-electron chi connectivity index (χ4n) is 2.97. The summed E-state index contributed by atoms with van der Waals surface area (Å²) in [6.45, 7) is 5.06. The lowest BCUT2D eigenvalue weighted by atomic mass is 9.89. The lowest BCUT2D eigenvalue weighted by molar-refractivity contribution is -0.0887. The van der Waals surface area contributed by atoms with Crippen molar-refractivity contribution in [2.24, 2.45) is 0 Å². The molecule has 2 rings (SSSR count). The van der Waals surface area contributed by atoms with Crippen molar-refractivity contribution >= 4 is 11.8 Å². The largest absolute Gasteiger partial charge is 0.374 e. The fourth-order valence-corrected chi connectivity index (χ4v) is 4.35. The van der Waals surface area contributed by atoms with Gasteiger partial charge >= 0.3 is 0 Å². The number of ether oxygens (including phenoxy) is 1. The minimum atomic E-state index is 0.160. The van der Waals surface area contributed by atoms with Crippen LogP contribution in [0, 0.1) is 11.3 Å². The molecule has 0 aromatic heterocycles. The predicted molar refractivity (Wildman–Crippen MR) is 71.1 cm³/mol. The number of rotatable bonds is 4. The zero-order chi connectivity index (χ0) is 12.1. The molecular formula is C13H22N2OS. The van der Waals surface area contributed by atoms with E-state index in [9.17, 15) is 0 Å². The van der Waals surface area contributed by atoms with Gasteiger partial charge in [-0.2, -0.15) is 17.0 Å². The molecule has 0 aromatic rings. The molecule has 0 amide bonds. The third-order valence-electron chi connectivity index (χ3n) is 3.97. The Balaban J connectivity index is 1.93. The summed E-state index contributed by atoms with van der Waals surface area (Å²) in [5.74, 6) is 2.41. The van der Waals surface area contributed by atoms with E-state index in [0.29, 0.717) is 12.5 Å². The Morgan fingerprint density at radius 1 is 1.59 bits per heavy atom. The smallest absolute Gasteiger partial charge is 0.0795 e. The van der Waals surface area contributed by atoms with Gasteiger partial charge in [-0.3, -0.25) is 4.90 Å². The molecule has 0 aromatic carbocycles. The number of nitrogens with zero attached hydrogens (tertiary/aromatic N) is 2. The van der Waals surface area contributed by atoms with Crippen LogP contribution in [0.15, 0.2) is 0 Å². The molecule has 4 heteroatoms. The highest BCUT2D eigenvalue weighted by Crippen LogP contribution is 2.39. The first kappa shape index (κ1) is 13.2. The van der Waals surface area contributed by atoms with E-state index < -0.39 is 0 Å². The average Bonchev–Trinajstić information content (AvgIpc) is 2.78. The van der Waals surface area contributed by atoms with Gasteiger partial charge in [0, 0.05) is 31.4 Å². The molecule has 3 nitrogen and oxygen atoms in total. The summed E-state index contributed by atoms with van der Waals surface area (Å²) in [6.07, 6.45) is 4.15. The molecule has 0 bridgehead atoms. The van der Waals surface area contributed by atoms with Crippen LogP contribution in [0.25, 0.3) is 0 Å². The summed E-state index contributed by atoms with van der Waals surface area (Å²) in [5.41, 5.74) is 0.160. The number of hydrogen-bond donors (Lipinski definition) is 0. The van der Waals surface area contributed by atoms with Crippen molar-refractivity contribution in [2.45, 2.75) is 44.2 Å². The van der Waals surface area contributed by atoms with E-state index in [0.717, 1.165) is 26.1 Å². The van der Waals surface area contributed by atoms with E-state index in [2.05, 4.69) is 17.9 Å². The molecule has 0 N–H and O–H groups in total. The second kappa shape index (κ2) is 6.08. The average molecular weight is 254 g/mol. The Hall–Kier alpha value is -0.240. The summed E-state index contributed by atoms with van der Waals surface area (Å²) >= 11 is 2.02. The first-order valence-electron chi connectivity index (χ1n) is 6.62. The van der Waals surface area contributed by atoms with Gasteiger partial charge in [0.2, 0.25) is 0 Å². The van der Waals surface area contributed by atoms with Crippen molar-refractivity contribution < 1.29 is 4.74 Å². The fraction of sp³-hybridized carbons (Fsp3) is 0.923. The van der Waals surface area contributed by atoms with E-state index in [1.54, 1.807) is 0 Å². The molecular weight excluding hydrogens is 232 g/mol. The summed E-state index contributed by atoms with van der Waals surface area (Å²) in [7, 11) is 0. The van der Waals surface area contributed by atoms with Gasteiger partial charge in [-0.1, -0.05) is 6.92 Å². The minimum absolute atomic E-state index is 0.160. The zero-order valence-electron chi connectivity index (χ0n) is 10.7. The van der Waals surface area contributed by atoms with Crippen LogP contribution in [0.2, 0.25) is 0 Å². The van der Waals surface area contributed by atoms with E-state index in [-0.39, 0.29) is 5.60 Å². The summed E-state index contributed by atoms with van der Waals surface area (Å²) < 4.78 is 6.04. The van der Waals surface area contributed by atoms with Gasteiger partial charge in [0.15, 0.2) is 0 Å². The van der Waals surface area contributed by atoms with Gasteiger partial charge < -0.3 is 4.74 Å². The lowest BCUT2D eigenvalue weighted by Gasteiger charge is -2.42. The molecule has 2 saturated heterocycles. The zero-order valence-corrected chi connectivity index (χ0v) is 11.5. The predicted octanol–water partition coefficient (Wildman–Crippen LogP) is 2.28. The minimum Gasteiger partial charge on any atom is -0.374 e. The molecule has 2 atom stereocenters. The molecule has 2 aliphatic heterocycles. The van der Waals surface area contributed by atoms with E-state index in [1.165, 1.54) is 24.3 Å². The van der Waals surface area contributed by atoms with Gasteiger partial charge in [-0.05, 0) is 31.6 Å². The van der Waals surface area contributed by atoms with Crippen LogP contribution in [-0.4, -0.2) is 47.7 Å². The van der Waals surface area contributed by atoms with Crippen molar-refractivity contribution in [3.8, 4) is 6.07 Å². The Morgan fingerprint density at radius 2 is 2.47 bits per heavy atom. The Bertz CT molecular complexity index is 284. The van der Waals surface area contributed by atoms with Gasteiger partial charge in [0.05, 0.1) is 11.7 Å². The number of hydrogen-bond acceptors (Lipinski definition) is 4. The monoisotopic (exact) mass is 254 g/mol. The Labute approximate surface area is 108 Å². The van der Waals surface area contributed by atoms with Crippen LogP contribution in [0.3, 0.4) is 0 Å². The van der Waals surface area contributed by atoms with Crippen LogP contribution in [0.1, 0.15) is 32.6 Å². The molecule has 2 fully saturated rings. The second-order valence-corrected chi connectivity index (χ2v) is 6.12. The van der Waals surface area contributed by atoms with Crippen LogP contribution >= 0.6 is 11.8 Å². The molecule has 0 saturated carbocycles. The first-order valence-corrected chi connectivity index (χ1v) is 7.78. The van der Waals surface area contributed by atoms with Crippen LogP contribution < -0.4 is 0 Å². The van der Waals surface area contributed by atoms with Crippen LogP contribution in [-0.2, 0) is 4.74 Å². The lowest BCUT2D eigenvalue weighted by Crippen LogP contribution is -2.49. The van der Waals surface area contributed by atoms with Crippen molar-refractivity contribution in [3.63, 3.8) is 0 Å². The van der Waals surface area contributed by atoms with Crippen LogP contribution in [0.5, 0.6) is 0 Å². The number of thioether (sulfide) groups is 1. The van der Waals surface area contributed by atoms with Crippen molar-refractivity contribution in [1.82, 2.24) is 4.90 Å². The van der Waals surface area contributed by atoms with Gasteiger partial charge in [0.25, 0.3) is 0 Å². The quantitative estimate of drug-likeness (QED) is 0.771. The maximum absolute atomic E-state index is 8.71. The highest BCUT2D eigenvalue weighted by molar-refractivity contribution is 7.99. The normalized spacial score (nSPS) is 33.1. The Morgan fingerprint density at radius 3 is 3.12 bits per heavy atom. The first-order chi connectivity index (χ1) is 8.29. The highest BCUT2D eigenvalue weighted by atomic mass is 32.2. The van der Waals surface area contributed by atoms with Crippen molar-refractivity contribution in [2.75, 3.05) is 31.2 Å². The summed E-state index contributed by atoms with van der Waals surface area (Å²) in [5, 5.41) is 8.71. The van der Waals surface area contributed by atoms with Gasteiger partial charge in [-0.25, -0.2) is 0 Å². The van der Waals surface area contributed by atoms with E-state index >= 15 is 0 Å². The van der Waals surface area contributed by atoms with Crippen LogP contribution in [0.4, 0.5) is 0 Å². The third kappa shape index (κ3) is 3.15. The van der Waals surface area contributed by atoms with E-state index in [1.807, 2.05) is 11.8 Å². The molecule has 1 spiro atoms. The standard InChI is InChI=1S/C13H22N2OS/c1-2-15(7-3-6-14)12-4-8-16-13(10-12)5-9-17-11-13/h12H,2-5,7-11H2,1H3. The molecule has 0 radical (unpaired) electrons.